The molecule has 0 aromatic rings. The highest BCUT2D eigenvalue weighted by Crippen LogP contribution is 2.00. The summed E-state index contributed by atoms with van der Waals surface area (Å²) >= 11 is 0. The summed E-state index contributed by atoms with van der Waals surface area (Å²) in [5, 5.41) is 34.0. The van der Waals surface area contributed by atoms with Crippen molar-refractivity contribution in [1.29, 1.82) is 5.26 Å². The minimum atomic E-state index is -1.12. The number of aliphatic hydroxyl groups excluding tert-OH is 3. The largest absolute Gasteiger partial charge is 0.394 e. The number of rotatable bonds is 4. The molecule has 10 heavy (non-hydrogen) atoms. The molecule has 3 N–H and O–H groups in total. The predicted molar refractivity (Wildman–Crippen MR) is 33.9 cm³/mol. The van der Waals surface area contributed by atoms with Crippen LogP contribution in [0.25, 0.3) is 0 Å². The van der Waals surface area contributed by atoms with Gasteiger partial charge < -0.3 is 15.3 Å². The van der Waals surface area contributed by atoms with Gasteiger partial charge in [-0.05, 0) is 6.42 Å². The topological polar surface area (TPSA) is 84.5 Å². The first kappa shape index (κ1) is 9.37. The molecule has 4 heteroatoms. The van der Waals surface area contributed by atoms with Crippen molar-refractivity contribution in [3.05, 3.63) is 0 Å². The Morgan fingerprint density at radius 2 is 1.90 bits per heavy atom. The van der Waals surface area contributed by atoms with Crippen LogP contribution in [0.5, 0.6) is 0 Å². The first-order chi connectivity index (χ1) is 4.72. The lowest BCUT2D eigenvalue weighted by atomic mass is 10.1. The molecule has 2 atom stereocenters. The molecule has 0 fully saturated rings. The maximum atomic E-state index is 8.89. The molecule has 0 radical (unpaired) electrons. The zero-order valence-corrected chi connectivity index (χ0v) is 5.56. The van der Waals surface area contributed by atoms with Gasteiger partial charge in [0.15, 0.2) is 0 Å². The van der Waals surface area contributed by atoms with Gasteiger partial charge >= 0.3 is 0 Å². The number of nitriles is 1. The molecule has 0 saturated heterocycles. The van der Waals surface area contributed by atoms with Gasteiger partial charge in [-0.15, -0.1) is 0 Å². The third-order valence-corrected chi connectivity index (χ3v) is 1.18. The highest BCUT2D eigenvalue weighted by Gasteiger charge is 2.13. The summed E-state index contributed by atoms with van der Waals surface area (Å²) in [6, 6.07) is 1.82. The maximum Gasteiger partial charge on any atom is 0.103 e. The van der Waals surface area contributed by atoms with Crippen molar-refractivity contribution in [2.75, 3.05) is 6.61 Å². The molecule has 0 amide bonds. The summed E-state index contributed by atoms with van der Waals surface area (Å²) in [7, 11) is 0. The van der Waals surface area contributed by atoms with Crippen molar-refractivity contribution in [2.45, 2.75) is 25.0 Å². The molecule has 0 saturated carbocycles. The number of nitrogens with zero attached hydrogens (tertiary/aromatic N) is 1. The second-order valence-corrected chi connectivity index (χ2v) is 2.01. The standard InChI is InChI=1S/C6H11NO3/c7-3-1-2-5(9)6(10)4-8/h5-6,8-10H,1-2,4H2. The lowest BCUT2D eigenvalue weighted by Crippen LogP contribution is -2.28. The molecule has 0 bridgehead atoms. The van der Waals surface area contributed by atoms with Crippen LogP contribution in [0.15, 0.2) is 0 Å². The highest BCUT2D eigenvalue weighted by atomic mass is 16.4. The molecular weight excluding hydrogens is 134 g/mol. The van der Waals surface area contributed by atoms with Gasteiger partial charge in [-0.25, -0.2) is 0 Å². The van der Waals surface area contributed by atoms with E-state index in [1.165, 1.54) is 0 Å². The first-order valence-corrected chi connectivity index (χ1v) is 3.06. The van der Waals surface area contributed by atoms with Gasteiger partial charge in [-0.2, -0.15) is 5.26 Å². The van der Waals surface area contributed by atoms with E-state index in [2.05, 4.69) is 0 Å². The predicted octanol–water partition coefficient (Wildman–Crippen LogP) is -0.996. The van der Waals surface area contributed by atoms with Crippen LogP contribution in [0.3, 0.4) is 0 Å². The Morgan fingerprint density at radius 1 is 1.30 bits per heavy atom. The highest BCUT2D eigenvalue weighted by molar-refractivity contribution is 4.74. The van der Waals surface area contributed by atoms with Crippen molar-refractivity contribution in [1.82, 2.24) is 0 Å². The van der Waals surface area contributed by atoms with Crippen LogP contribution in [0.4, 0.5) is 0 Å². The molecule has 4 nitrogen and oxygen atoms in total. The Balaban J connectivity index is 3.43. The van der Waals surface area contributed by atoms with E-state index in [4.69, 9.17) is 20.6 Å². The molecule has 58 valence electrons. The van der Waals surface area contributed by atoms with Crippen molar-refractivity contribution in [3.63, 3.8) is 0 Å². The SMILES string of the molecule is N#CCCC(O)C(O)CO. The third-order valence-electron chi connectivity index (χ3n) is 1.18. The van der Waals surface area contributed by atoms with Gasteiger partial charge in [0, 0.05) is 6.42 Å². The van der Waals surface area contributed by atoms with E-state index in [1.807, 2.05) is 6.07 Å². The Labute approximate surface area is 59.3 Å². The van der Waals surface area contributed by atoms with Crippen LogP contribution in [-0.2, 0) is 0 Å². The molecule has 0 aromatic heterocycles. The molecular formula is C6H11NO3. The van der Waals surface area contributed by atoms with Crippen LogP contribution in [0.1, 0.15) is 12.8 Å². The van der Waals surface area contributed by atoms with Crippen LogP contribution >= 0.6 is 0 Å². The zero-order chi connectivity index (χ0) is 7.98. The fourth-order valence-corrected chi connectivity index (χ4v) is 0.526. The lowest BCUT2D eigenvalue weighted by Gasteiger charge is -2.12. The van der Waals surface area contributed by atoms with Gasteiger partial charge in [0.1, 0.15) is 6.10 Å². The van der Waals surface area contributed by atoms with Gasteiger partial charge in [0.2, 0.25) is 0 Å². The minimum Gasteiger partial charge on any atom is -0.394 e. The normalized spacial score (nSPS) is 15.8. The average Bonchev–Trinajstić information content (AvgIpc) is 1.98. The Hall–Kier alpha value is -0.630. The van der Waals surface area contributed by atoms with Crippen molar-refractivity contribution in [3.8, 4) is 6.07 Å². The van der Waals surface area contributed by atoms with E-state index in [1.54, 1.807) is 0 Å². The Kier molecular flexibility index (Phi) is 4.85. The van der Waals surface area contributed by atoms with Crippen LogP contribution in [0.2, 0.25) is 0 Å². The van der Waals surface area contributed by atoms with E-state index in [0.717, 1.165) is 0 Å². The van der Waals surface area contributed by atoms with Crippen molar-refractivity contribution < 1.29 is 15.3 Å². The van der Waals surface area contributed by atoms with Crippen LogP contribution in [0, 0.1) is 11.3 Å². The molecule has 0 aliphatic carbocycles. The summed E-state index contributed by atoms with van der Waals surface area (Å²) in [6.07, 6.45) is -1.70. The molecule has 0 aliphatic rings. The molecule has 0 aliphatic heterocycles. The molecule has 0 aromatic carbocycles. The molecule has 0 spiro atoms. The fourth-order valence-electron chi connectivity index (χ4n) is 0.526. The number of hydrogen-bond donors (Lipinski definition) is 3. The fraction of sp³-hybridized carbons (Fsp3) is 0.833. The van der Waals surface area contributed by atoms with Gasteiger partial charge in [0.05, 0.1) is 18.8 Å². The monoisotopic (exact) mass is 145 g/mol. The van der Waals surface area contributed by atoms with Crippen molar-refractivity contribution in [2.24, 2.45) is 0 Å². The summed E-state index contributed by atoms with van der Waals surface area (Å²) in [5.74, 6) is 0. The maximum absolute atomic E-state index is 8.89. The van der Waals surface area contributed by atoms with Crippen LogP contribution < -0.4 is 0 Å². The van der Waals surface area contributed by atoms with Gasteiger partial charge in [-0.3, -0.25) is 0 Å². The second kappa shape index (κ2) is 5.18. The average molecular weight is 145 g/mol. The lowest BCUT2D eigenvalue weighted by molar-refractivity contribution is -0.0168. The van der Waals surface area contributed by atoms with E-state index < -0.39 is 18.8 Å². The van der Waals surface area contributed by atoms with E-state index in [0.29, 0.717) is 0 Å². The van der Waals surface area contributed by atoms with Crippen LogP contribution in [-0.4, -0.2) is 34.1 Å². The number of hydrogen-bond acceptors (Lipinski definition) is 4. The molecule has 2 unspecified atom stereocenters. The molecule has 0 heterocycles. The van der Waals surface area contributed by atoms with Crippen molar-refractivity contribution >= 4 is 0 Å². The summed E-state index contributed by atoms with van der Waals surface area (Å²) in [4.78, 5) is 0. The quantitative estimate of drug-likeness (QED) is 0.474. The summed E-state index contributed by atoms with van der Waals surface area (Å²) in [5.41, 5.74) is 0. The van der Waals surface area contributed by atoms with Gasteiger partial charge in [-0.1, -0.05) is 0 Å². The molecule has 0 rings (SSSR count). The smallest absolute Gasteiger partial charge is 0.103 e. The Morgan fingerprint density at radius 3 is 2.30 bits per heavy atom. The van der Waals surface area contributed by atoms with E-state index in [-0.39, 0.29) is 12.8 Å². The Bertz CT molecular complexity index is 121. The van der Waals surface area contributed by atoms with Gasteiger partial charge in [0.25, 0.3) is 0 Å². The minimum absolute atomic E-state index is 0.193. The van der Waals surface area contributed by atoms with E-state index >= 15 is 0 Å². The third kappa shape index (κ3) is 3.41. The second-order valence-electron chi connectivity index (χ2n) is 2.01. The summed E-state index contributed by atoms with van der Waals surface area (Å²) in [6.45, 7) is -0.466. The zero-order valence-electron chi connectivity index (χ0n) is 5.56. The summed E-state index contributed by atoms with van der Waals surface area (Å²) < 4.78 is 0. The van der Waals surface area contributed by atoms with E-state index in [9.17, 15) is 0 Å². The number of aliphatic hydroxyl groups is 3. The first-order valence-electron chi connectivity index (χ1n) is 3.06.